The van der Waals surface area contributed by atoms with Gasteiger partial charge in [-0.3, -0.25) is 4.79 Å². The third-order valence-corrected chi connectivity index (χ3v) is 4.24. The molecule has 2 N–H and O–H groups in total. The lowest BCUT2D eigenvalue weighted by Gasteiger charge is -2.23. The molecule has 154 valence electrons. The molecular formula is C22H31ClN2O3. The standard InChI is InChI=1S/C22H30N2O3.ClH/c1-4-12-24(22(25)15-17-6-9-19(23)10-7-17)16-18-8-11-20(27-13-5-2)21(14-18)26-3;/h6-11,14H,4-5,12-13,15-16,23H2,1-3H3;1H. The summed E-state index contributed by atoms with van der Waals surface area (Å²) in [7, 11) is 1.63. The zero-order valence-electron chi connectivity index (χ0n) is 16.9. The van der Waals surface area contributed by atoms with E-state index in [1.807, 2.05) is 47.4 Å². The van der Waals surface area contributed by atoms with Crippen molar-refractivity contribution in [2.75, 3.05) is 26.0 Å². The molecule has 0 saturated heterocycles. The van der Waals surface area contributed by atoms with Crippen LogP contribution in [0.15, 0.2) is 42.5 Å². The Morgan fingerprint density at radius 2 is 1.68 bits per heavy atom. The number of nitrogens with two attached hydrogens (primary N) is 1. The first-order valence-electron chi connectivity index (χ1n) is 9.49. The second-order valence-electron chi connectivity index (χ2n) is 6.57. The van der Waals surface area contributed by atoms with E-state index in [-0.39, 0.29) is 18.3 Å². The Bertz CT molecular complexity index is 735. The molecule has 0 radical (unpaired) electrons. The molecule has 0 fully saturated rings. The molecule has 0 spiro atoms. The van der Waals surface area contributed by atoms with Gasteiger partial charge in [0.05, 0.1) is 20.1 Å². The van der Waals surface area contributed by atoms with E-state index in [0.29, 0.717) is 37.6 Å². The molecule has 0 aromatic heterocycles. The molecule has 1 amide bonds. The van der Waals surface area contributed by atoms with Gasteiger partial charge in [-0.25, -0.2) is 0 Å². The third kappa shape index (κ3) is 6.97. The fraction of sp³-hybridized carbons (Fsp3) is 0.409. The minimum Gasteiger partial charge on any atom is -0.493 e. The molecule has 5 nitrogen and oxygen atoms in total. The van der Waals surface area contributed by atoms with Crippen molar-refractivity contribution in [2.45, 2.75) is 39.7 Å². The number of rotatable bonds is 10. The van der Waals surface area contributed by atoms with Crippen molar-refractivity contribution >= 4 is 24.0 Å². The molecule has 6 heteroatoms. The van der Waals surface area contributed by atoms with Crippen molar-refractivity contribution in [3.8, 4) is 11.5 Å². The van der Waals surface area contributed by atoms with Crippen LogP contribution in [0, 0.1) is 0 Å². The summed E-state index contributed by atoms with van der Waals surface area (Å²) in [6.07, 6.45) is 2.21. The largest absolute Gasteiger partial charge is 0.493 e. The van der Waals surface area contributed by atoms with E-state index >= 15 is 0 Å². The summed E-state index contributed by atoms with van der Waals surface area (Å²) in [5, 5.41) is 0. The number of benzene rings is 2. The molecule has 0 saturated carbocycles. The minimum atomic E-state index is 0. The number of halogens is 1. The fourth-order valence-electron chi connectivity index (χ4n) is 2.85. The summed E-state index contributed by atoms with van der Waals surface area (Å²) in [6.45, 7) is 6.05. The van der Waals surface area contributed by atoms with Gasteiger partial charge in [-0.15, -0.1) is 12.4 Å². The number of nitrogens with zero attached hydrogens (tertiary/aromatic N) is 1. The SMILES string of the molecule is CCCOc1ccc(CN(CCC)C(=O)Cc2ccc(N)cc2)cc1OC.Cl. The van der Waals surface area contributed by atoms with Gasteiger partial charge in [0.2, 0.25) is 5.91 Å². The first-order chi connectivity index (χ1) is 13.1. The highest BCUT2D eigenvalue weighted by molar-refractivity contribution is 5.85. The van der Waals surface area contributed by atoms with Crippen molar-refractivity contribution in [1.29, 1.82) is 0 Å². The van der Waals surface area contributed by atoms with Crippen LogP contribution in [-0.4, -0.2) is 31.1 Å². The maximum absolute atomic E-state index is 12.8. The van der Waals surface area contributed by atoms with Crippen molar-refractivity contribution in [2.24, 2.45) is 0 Å². The average Bonchev–Trinajstić information content (AvgIpc) is 2.68. The molecule has 0 aliphatic carbocycles. The molecule has 2 aromatic rings. The molecular weight excluding hydrogens is 376 g/mol. The van der Waals surface area contributed by atoms with Crippen LogP contribution in [0.1, 0.15) is 37.8 Å². The molecule has 0 heterocycles. The van der Waals surface area contributed by atoms with Gasteiger partial charge in [0.15, 0.2) is 11.5 Å². The third-order valence-electron chi connectivity index (χ3n) is 4.24. The monoisotopic (exact) mass is 406 g/mol. The van der Waals surface area contributed by atoms with E-state index in [9.17, 15) is 4.79 Å². The number of carbonyl (C=O) groups excluding carboxylic acids is 1. The zero-order valence-corrected chi connectivity index (χ0v) is 17.8. The van der Waals surface area contributed by atoms with Gasteiger partial charge >= 0.3 is 0 Å². The van der Waals surface area contributed by atoms with Crippen molar-refractivity contribution < 1.29 is 14.3 Å². The van der Waals surface area contributed by atoms with Gasteiger partial charge < -0.3 is 20.1 Å². The van der Waals surface area contributed by atoms with Crippen LogP contribution in [0.5, 0.6) is 11.5 Å². The molecule has 0 bridgehead atoms. The minimum absolute atomic E-state index is 0. The zero-order chi connectivity index (χ0) is 19.6. The Morgan fingerprint density at radius 1 is 1.00 bits per heavy atom. The number of amides is 1. The highest BCUT2D eigenvalue weighted by Gasteiger charge is 2.15. The van der Waals surface area contributed by atoms with Gasteiger partial charge in [0.1, 0.15) is 0 Å². The number of hydrogen-bond donors (Lipinski definition) is 1. The number of hydrogen-bond acceptors (Lipinski definition) is 4. The van der Waals surface area contributed by atoms with Crippen LogP contribution in [0.2, 0.25) is 0 Å². The molecule has 28 heavy (non-hydrogen) atoms. The summed E-state index contributed by atoms with van der Waals surface area (Å²) < 4.78 is 11.2. The number of ether oxygens (including phenoxy) is 2. The highest BCUT2D eigenvalue weighted by Crippen LogP contribution is 2.28. The Labute approximate surface area is 174 Å². The Hall–Kier alpha value is -2.40. The van der Waals surface area contributed by atoms with Gasteiger partial charge in [-0.05, 0) is 48.2 Å². The molecule has 2 rings (SSSR count). The summed E-state index contributed by atoms with van der Waals surface area (Å²) >= 11 is 0. The van der Waals surface area contributed by atoms with Crippen LogP contribution in [-0.2, 0) is 17.8 Å². The predicted octanol–water partition coefficient (Wildman–Crippen LogP) is 4.47. The number of carbonyl (C=O) groups is 1. The normalized spacial score (nSPS) is 10.1. The fourth-order valence-corrected chi connectivity index (χ4v) is 2.85. The molecule has 2 aromatic carbocycles. The molecule has 0 unspecified atom stereocenters. The Balaban J connectivity index is 0.00000392. The maximum atomic E-state index is 12.8. The van der Waals surface area contributed by atoms with Crippen molar-refractivity contribution in [1.82, 2.24) is 4.90 Å². The Morgan fingerprint density at radius 3 is 2.29 bits per heavy atom. The first-order valence-corrected chi connectivity index (χ1v) is 9.49. The smallest absolute Gasteiger partial charge is 0.227 e. The summed E-state index contributed by atoms with van der Waals surface area (Å²) in [4.78, 5) is 14.7. The van der Waals surface area contributed by atoms with E-state index in [2.05, 4.69) is 13.8 Å². The van der Waals surface area contributed by atoms with Gasteiger partial charge in [-0.1, -0.05) is 32.0 Å². The van der Waals surface area contributed by atoms with Crippen LogP contribution in [0.4, 0.5) is 5.69 Å². The lowest BCUT2D eigenvalue weighted by atomic mass is 10.1. The topological polar surface area (TPSA) is 64.8 Å². The number of anilines is 1. The number of nitrogen functional groups attached to an aromatic ring is 1. The summed E-state index contributed by atoms with van der Waals surface area (Å²) in [6, 6.07) is 13.3. The van der Waals surface area contributed by atoms with Gasteiger partial charge in [-0.2, -0.15) is 0 Å². The number of methoxy groups -OCH3 is 1. The van der Waals surface area contributed by atoms with E-state index in [4.69, 9.17) is 15.2 Å². The van der Waals surface area contributed by atoms with Crippen LogP contribution in [0.25, 0.3) is 0 Å². The lowest BCUT2D eigenvalue weighted by Crippen LogP contribution is -2.32. The Kier molecular flexibility index (Phi) is 10.2. The summed E-state index contributed by atoms with van der Waals surface area (Å²) in [5.41, 5.74) is 8.41. The van der Waals surface area contributed by atoms with Crippen LogP contribution >= 0.6 is 12.4 Å². The van der Waals surface area contributed by atoms with Crippen LogP contribution in [0.3, 0.4) is 0 Å². The molecule has 0 aliphatic rings. The summed E-state index contributed by atoms with van der Waals surface area (Å²) in [5.74, 6) is 1.54. The predicted molar refractivity (Wildman–Crippen MR) is 116 cm³/mol. The molecule has 0 aliphatic heterocycles. The van der Waals surface area contributed by atoms with Crippen LogP contribution < -0.4 is 15.2 Å². The van der Waals surface area contributed by atoms with E-state index in [1.165, 1.54) is 0 Å². The quantitative estimate of drug-likeness (QED) is 0.591. The second-order valence-corrected chi connectivity index (χ2v) is 6.57. The van der Waals surface area contributed by atoms with E-state index in [0.717, 1.165) is 29.7 Å². The average molecular weight is 407 g/mol. The van der Waals surface area contributed by atoms with Gasteiger partial charge in [0.25, 0.3) is 0 Å². The van der Waals surface area contributed by atoms with Gasteiger partial charge in [0, 0.05) is 18.8 Å². The molecule has 0 atom stereocenters. The van der Waals surface area contributed by atoms with E-state index < -0.39 is 0 Å². The lowest BCUT2D eigenvalue weighted by molar-refractivity contribution is -0.131. The maximum Gasteiger partial charge on any atom is 0.227 e. The first kappa shape index (κ1) is 23.6. The highest BCUT2D eigenvalue weighted by atomic mass is 35.5. The van der Waals surface area contributed by atoms with Crippen molar-refractivity contribution in [3.05, 3.63) is 53.6 Å². The van der Waals surface area contributed by atoms with E-state index in [1.54, 1.807) is 7.11 Å². The second kappa shape index (κ2) is 12.1. The van der Waals surface area contributed by atoms with Crippen molar-refractivity contribution in [3.63, 3.8) is 0 Å².